The Kier molecular flexibility index (Phi) is 7.54. The fraction of sp³-hybridized carbons (Fsp3) is 0.452. The molecule has 1 fully saturated rings. The van der Waals surface area contributed by atoms with Crippen LogP contribution < -0.4 is 4.74 Å². The van der Waals surface area contributed by atoms with E-state index in [-0.39, 0.29) is 42.1 Å². The van der Waals surface area contributed by atoms with Crippen molar-refractivity contribution >= 4 is 11.8 Å². The number of aryl methyl sites for hydroxylation is 1. The maximum Gasteiger partial charge on any atom is 0.275 e. The summed E-state index contributed by atoms with van der Waals surface area (Å²) in [5.74, 6) is 1.24. The Labute approximate surface area is 224 Å². The minimum Gasteiger partial charge on any atom is -0.484 e. The van der Waals surface area contributed by atoms with E-state index in [2.05, 4.69) is 53.2 Å². The van der Waals surface area contributed by atoms with E-state index >= 15 is 0 Å². The predicted octanol–water partition coefficient (Wildman–Crippen LogP) is 5.71. The molecular weight excluding hydrogens is 478 g/mol. The summed E-state index contributed by atoms with van der Waals surface area (Å²) >= 11 is 0. The maximum atomic E-state index is 13.6. The highest BCUT2D eigenvalue weighted by Gasteiger charge is 2.36. The Balaban J connectivity index is 1.39. The number of hydrogen-bond acceptors (Lipinski definition) is 5. The first-order valence-corrected chi connectivity index (χ1v) is 13.7. The van der Waals surface area contributed by atoms with Crippen molar-refractivity contribution in [2.45, 2.75) is 71.6 Å². The zero-order chi connectivity index (χ0) is 26.8. The fourth-order valence-electron chi connectivity index (χ4n) is 5.47. The Morgan fingerprint density at radius 3 is 2.58 bits per heavy atom. The summed E-state index contributed by atoms with van der Waals surface area (Å²) in [5.41, 5.74) is 4.92. The number of nitrogens with zero attached hydrogens (tertiary/aromatic N) is 3. The highest BCUT2D eigenvalue weighted by atomic mass is 16.5. The van der Waals surface area contributed by atoms with Crippen LogP contribution in [0.3, 0.4) is 0 Å². The van der Waals surface area contributed by atoms with Crippen molar-refractivity contribution in [2.24, 2.45) is 5.92 Å². The van der Waals surface area contributed by atoms with Gasteiger partial charge in [-0.3, -0.25) is 9.59 Å². The number of carbonyl (C=O) groups excluding carboxylic acids is 2. The molecule has 38 heavy (non-hydrogen) atoms. The molecule has 3 aromatic rings. The number of amides is 2. The van der Waals surface area contributed by atoms with Gasteiger partial charge < -0.3 is 19.0 Å². The summed E-state index contributed by atoms with van der Waals surface area (Å²) in [6.45, 7) is 6.81. The van der Waals surface area contributed by atoms with E-state index in [0.717, 1.165) is 49.8 Å². The molecular formula is C31H37N3O4. The van der Waals surface area contributed by atoms with E-state index in [1.54, 1.807) is 11.9 Å². The van der Waals surface area contributed by atoms with Gasteiger partial charge in [0, 0.05) is 25.6 Å². The van der Waals surface area contributed by atoms with Gasteiger partial charge in [-0.2, -0.15) is 0 Å². The van der Waals surface area contributed by atoms with Crippen LogP contribution in [-0.2, 0) is 17.8 Å². The van der Waals surface area contributed by atoms with Crippen LogP contribution in [0.5, 0.6) is 5.75 Å². The number of hydrogen-bond donors (Lipinski definition) is 0. The van der Waals surface area contributed by atoms with Crippen LogP contribution >= 0.6 is 0 Å². The summed E-state index contributed by atoms with van der Waals surface area (Å²) in [6.07, 6.45) is 6.45. The summed E-state index contributed by atoms with van der Waals surface area (Å²) in [6, 6.07) is 14.5. The van der Waals surface area contributed by atoms with Crippen LogP contribution in [0.25, 0.3) is 0 Å². The lowest BCUT2D eigenvalue weighted by Gasteiger charge is -2.39. The van der Waals surface area contributed by atoms with Gasteiger partial charge in [0.15, 0.2) is 12.3 Å². The molecule has 0 spiro atoms. The second kappa shape index (κ2) is 11.0. The Hall–Kier alpha value is -3.61. The first kappa shape index (κ1) is 26.0. The van der Waals surface area contributed by atoms with E-state index < -0.39 is 0 Å². The van der Waals surface area contributed by atoms with Crippen LogP contribution in [0, 0.1) is 12.8 Å². The highest BCUT2D eigenvalue weighted by Crippen LogP contribution is 2.39. The van der Waals surface area contributed by atoms with Gasteiger partial charge in [-0.15, -0.1) is 0 Å². The molecule has 1 aromatic heterocycles. The largest absolute Gasteiger partial charge is 0.484 e. The SMILES string of the molecule is Cc1ccc(C2c3cc(OCc4nc(C(=O)N(C)C(C)C)co4)ccc3CCN2C(=O)C2CCCC2)cc1. The highest BCUT2D eigenvalue weighted by molar-refractivity contribution is 5.92. The number of carbonyl (C=O) groups is 2. The van der Waals surface area contributed by atoms with Crippen LogP contribution in [0.15, 0.2) is 53.1 Å². The monoisotopic (exact) mass is 515 g/mol. The Bertz CT molecular complexity index is 1290. The van der Waals surface area contributed by atoms with Gasteiger partial charge in [0.1, 0.15) is 12.0 Å². The molecule has 2 heterocycles. The topological polar surface area (TPSA) is 75.9 Å². The van der Waals surface area contributed by atoms with Crippen molar-refractivity contribution in [3.05, 3.63) is 82.6 Å². The van der Waals surface area contributed by atoms with Crippen molar-refractivity contribution in [3.63, 3.8) is 0 Å². The van der Waals surface area contributed by atoms with Crippen molar-refractivity contribution in [2.75, 3.05) is 13.6 Å². The van der Waals surface area contributed by atoms with Gasteiger partial charge >= 0.3 is 0 Å². The van der Waals surface area contributed by atoms with Crippen LogP contribution in [0.4, 0.5) is 0 Å². The van der Waals surface area contributed by atoms with Crippen molar-refractivity contribution in [1.82, 2.24) is 14.8 Å². The molecule has 1 aliphatic carbocycles. The molecule has 2 aromatic carbocycles. The fourth-order valence-corrected chi connectivity index (χ4v) is 5.47. The molecule has 5 rings (SSSR count). The molecule has 1 atom stereocenters. The number of fused-ring (bicyclic) bond motifs is 1. The van der Waals surface area contributed by atoms with Crippen molar-refractivity contribution in [1.29, 1.82) is 0 Å². The molecule has 1 saturated carbocycles. The summed E-state index contributed by atoms with van der Waals surface area (Å²) in [4.78, 5) is 34.2. The van der Waals surface area contributed by atoms with Gasteiger partial charge in [-0.05, 0) is 68.9 Å². The third-order valence-corrected chi connectivity index (χ3v) is 7.95. The minimum atomic E-state index is -0.184. The lowest BCUT2D eigenvalue weighted by Crippen LogP contribution is -2.43. The molecule has 7 nitrogen and oxygen atoms in total. The number of aromatic nitrogens is 1. The molecule has 1 aliphatic heterocycles. The standard InChI is InChI=1S/C31H37N3O4/c1-20(2)33(4)31(36)27-18-38-28(32-27)19-37-25-14-13-22-15-16-34(30(35)24-7-5-6-8-24)29(26(22)17-25)23-11-9-21(3)10-12-23/h9-14,17-18,20,24,29H,5-8,15-16,19H2,1-4H3. The molecule has 0 radical (unpaired) electrons. The zero-order valence-electron chi connectivity index (χ0n) is 22.8. The molecule has 0 saturated heterocycles. The first-order valence-electron chi connectivity index (χ1n) is 13.7. The third-order valence-electron chi connectivity index (χ3n) is 7.95. The smallest absolute Gasteiger partial charge is 0.275 e. The molecule has 7 heteroatoms. The van der Waals surface area contributed by atoms with Crippen LogP contribution in [0.2, 0.25) is 0 Å². The number of oxazole rings is 1. The Morgan fingerprint density at radius 2 is 1.87 bits per heavy atom. The average Bonchev–Trinajstić information content (AvgIpc) is 3.63. The van der Waals surface area contributed by atoms with Crippen LogP contribution in [-0.4, -0.2) is 46.2 Å². The number of benzene rings is 2. The molecule has 200 valence electrons. The quantitative estimate of drug-likeness (QED) is 0.403. The molecule has 0 N–H and O–H groups in total. The maximum absolute atomic E-state index is 13.6. The third kappa shape index (κ3) is 5.33. The minimum absolute atomic E-state index is 0.0657. The lowest BCUT2D eigenvalue weighted by molar-refractivity contribution is -0.137. The lowest BCUT2D eigenvalue weighted by atomic mass is 9.86. The predicted molar refractivity (Wildman–Crippen MR) is 145 cm³/mol. The molecule has 1 unspecified atom stereocenters. The molecule has 0 bridgehead atoms. The van der Waals surface area contributed by atoms with E-state index in [9.17, 15) is 9.59 Å². The normalized spacial score (nSPS) is 17.5. The van der Waals surface area contributed by atoms with Crippen molar-refractivity contribution < 1.29 is 18.7 Å². The van der Waals surface area contributed by atoms with E-state index in [0.29, 0.717) is 11.6 Å². The first-order chi connectivity index (χ1) is 18.3. The van der Waals surface area contributed by atoms with Gasteiger partial charge in [0.25, 0.3) is 5.91 Å². The van der Waals surface area contributed by atoms with Crippen molar-refractivity contribution in [3.8, 4) is 5.75 Å². The second-order valence-electron chi connectivity index (χ2n) is 10.9. The summed E-state index contributed by atoms with van der Waals surface area (Å²) < 4.78 is 11.6. The van der Waals surface area contributed by atoms with Crippen LogP contribution in [0.1, 0.15) is 84.2 Å². The van der Waals surface area contributed by atoms with Gasteiger partial charge in [0.05, 0.1) is 6.04 Å². The van der Waals surface area contributed by atoms with E-state index in [1.165, 1.54) is 17.4 Å². The van der Waals surface area contributed by atoms with Gasteiger partial charge in [0.2, 0.25) is 11.8 Å². The number of rotatable bonds is 7. The van der Waals surface area contributed by atoms with Gasteiger partial charge in [-0.25, -0.2) is 4.98 Å². The van der Waals surface area contributed by atoms with Gasteiger partial charge in [-0.1, -0.05) is 48.7 Å². The summed E-state index contributed by atoms with van der Waals surface area (Å²) in [7, 11) is 1.75. The van der Waals surface area contributed by atoms with E-state index in [4.69, 9.17) is 9.15 Å². The average molecular weight is 516 g/mol. The second-order valence-corrected chi connectivity index (χ2v) is 10.9. The zero-order valence-corrected chi connectivity index (χ0v) is 22.8. The summed E-state index contributed by atoms with van der Waals surface area (Å²) in [5, 5.41) is 0. The molecule has 2 amide bonds. The molecule has 2 aliphatic rings. The Morgan fingerprint density at radius 1 is 1.13 bits per heavy atom. The van der Waals surface area contributed by atoms with E-state index in [1.807, 2.05) is 19.9 Å². The number of ether oxygens (including phenoxy) is 1.